The van der Waals surface area contributed by atoms with Gasteiger partial charge in [0.15, 0.2) is 5.78 Å². The number of allylic oxidation sites excluding steroid dienone is 2. The van der Waals surface area contributed by atoms with E-state index in [1.165, 1.54) is 27.8 Å². The Hall–Kier alpha value is -2.15. The molecule has 104 valence electrons. The molecule has 2 aromatic rings. The van der Waals surface area contributed by atoms with Gasteiger partial charge in [0.25, 0.3) is 0 Å². The van der Waals surface area contributed by atoms with Crippen molar-refractivity contribution in [1.82, 2.24) is 0 Å². The number of ketones is 1. The average Bonchev–Trinajstić information content (AvgIpc) is 3.00. The minimum atomic E-state index is 0.248. The van der Waals surface area contributed by atoms with Crippen LogP contribution in [0.1, 0.15) is 44.6 Å². The van der Waals surface area contributed by atoms with Crippen molar-refractivity contribution in [3.8, 4) is 0 Å². The molecule has 0 amide bonds. The molecule has 0 aromatic heterocycles. The van der Waals surface area contributed by atoms with Crippen molar-refractivity contribution in [2.24, 2.45) is 0 Å². The van der Waals surface area contributed by atoms with Crippen LogP contribution in [0, 0.1) is 13.8 Å². The lowest BCUT2D eigenvalue weighted by Crippen LogP contribution is -1.99. The summed E-state index contributed by atoms with van der Waals surface area (Å²) in [6, 6.07) is 12.9. The largest absolute Gasteiger partial charge is 0.289 e. The maximum Gasteiger partial charge on any atom is 0.189 e. The maximum absolute atomic E-state index is 12.8. The zero-order chi connectivity index (χ0) is 14.6. The van der Waals surface area contributed by atoms with Gasteiger partial charge in [-0.15, -0.1) is 0 Å². The molecule has 0 radical (unpaired) electrons. The summed E-state index contributed by atoms with van der Waals surface area (Å²) in [5, 5.41) is 0. The highest BCUT2D eigenvalue weighted by molar-refractivity contribution is 6.17. The Balaban J connectivity index is 1.87. The first-order valence-corrected chi connectivity index (χ1v) is 7.59. The molecule has 0 saturated heterocycles. The van der Waals surface area contributed by atoms with E-state index >= 15 is 0 Å². The predicted octanol–water partition coefficient (Wildman–Crippen LogP) is 4.44. The number of Topliss-reactive ketones (excluding diaryl/α,β-unsaturated/α-hetero) is 1. The molecule has 0 fully saturated rings. The van der Waals surface area contributed by atoms with Crippen LogP contribution in [-0.2, 0) is 12.8 Å². The van der Waals surface area contributed by atoms with E-state index in [4.69, 9.17) is 0 Å². The molecule has 2 aliphatic carbocycles. The van der Waals surface area contributed by atoms with Gasteiger partial charge in [0.2, 0.25) is 0 Å². The van der Waals surface area contributed by atoms with Crippen molar-refractivity contribution in [2.75, 3.05) is 0 Å². The fourth-order valence-corrected chi connectivity index (χ4v) is 3.63. The molecule has 1 nitrogen and oxygen atoms in total. The lowest BCUT2D eigenvalue weighted by Gasteiger charge is -2.06. The number of hydrogen-bond acceptors (Lipinski definition) is 1. The fraction of sp³-hybridized carbons (Fsp3) is 0.250. The summed E-state index contributed by atoms with van der Waals surface area (Å²) >= 11 is 0. The van der Waals surface area contributed by atoms with Crippen LogP contribution in [0.25, 0.3) is 5.57 Å². The molecule has 0 spiro atoms. The smallest absolute Gasteiger partial charge is 0.189 e. The molecule has 21 heavy (non-hydrogen) atoms. The second-order valence-corrected chi connectivity index (χ2v) is 6.28. The highest BCUT2D eigenvalue weighted by Gasteiger charge is 2.30. The lowest BCUT2D eigenvalue weighted by atomic mass is 9.97. The van der Waals surface area contributed by atoms with Gasteiger partial charge >= 0.3 is 0 Å². The van der Waals surface area contributed by atoms with Crippen LogP contribution in [0.2, 0.25) is 0 Å². The minimum Gasteiger partial charge on any atom is -0.289 e. The van der Waals surface area contributed by atoms with Crippen LogP contribution in [0.5, 0.6) is 0 Å². The monoisotopic (exact) mass is 274 g/mol. The second-order valence-electron chi connectivity index (χ2n) is 6.28. The minimum absolute atomic E-state index is 0.248. The molecular formula is C20H18O. The molecule has 0 aliphatic heterocycles. The fourth-order valence-electron chi connectivity index (χ4n) is 3.63. The zero-order valence-corrected chi connectivity index (χ0v) is 12.5. The number of carbonyl (C=O) groups excluding carboxylic acids is 1. The number of aryl methyl sites for hydroxylation is 3. The number of rotatable bonds is 0. The van der Waals surface area contributed by atoms with Gasteiger partial charge in [0, 0.05) is 17.6 Å². The number of benzene rings is 2. The SMILES string of the molecule is Cc1ccc2c(c1)C(=O)C(=C1CCc3ccc(C)cc31)C2. The topological polar surface area (TPSA) is 17.1 Å². The van der Waals surface area contributed by atoms with Crippen LogP contribution in [0.15, 0.2) is 42.0 Å². The summed E-state index contributed by atoms with van der Waals surface area (Å²) in [4.78, 5) is 12.8. The quantitative estimate of drug-likeness (QED) is 0.649. The van der Waals surface area contributed by atoms with Crippen LogP contribution in [0.3, 0.4) is 0 Å². The van der Waals surface area contributed by atoms with Gasteiger partial charge in [0.1, 0.15) is 0 Å². The molecule has 0 saturated carbocycles. The molecule has 2 aromatic carbocycles. The Bertz CT molecular complexity index is 809. The third kappa shape index (κ3) is 1.88. The standard InChI is InChI=1S/C20H18O/c1-12-3-5-14-7-8-16(17(14)9-12)19-11-15-6-4-13(2)10-18(15)20(19)21/h3-6,9-10H,7-8,11H2,1-2H3. The third-order valence-corrected chi connectivity index (χ3v) is 4.75. The normalized spacial score (nSPS) is 19.8. The van der Waals surface area contributed by atoms with Crippen LogP contribution in [0.4, 0.5) is 0 Å². The first kappa shape index (κ1) is 12.6. The van der Waals surface area contributed by atoms with E-state index in [-0.39, 0.29) is 5.78 Å². The molecule has 0 N–H and O–H groups in total. The first-order chi connectivity index (χ1) is 10.1. The average molecular weight is 274 g/mol. The molecular weight excluding hydrogens is 256 g/mol. The van der Waals surface area contributed by atoms with Crippen LogP contribution in [-0.4, -0.2) is 5.78 Å². The molecule has 1 heteroatoms. The van der Waals surface area contributed by atoms with Crippen molar-refractivity contribution < 1.29 is 4.79 Å². The van der Waals surface area contributed by atoms with Crippen molar-refractivity contribution >= 4 is 11.4 Å². The van der Waals surface area contributed by atoms with Crippen molar-refractivity contribution in [1.29, 1.82) is 0 Å². The highest BCUT2D eigenvalue weighted by atomic mass is 16.1. The summed E-state index contributed by atoms with van der Waals surface area (Å²) in [5.74, 6) is 0.248. The van der Waals surface area contributed by atoms with Gasteiger partial charge in [-0.2, -0.15) is 0 Å². The Labute approximate surface area is 125 Å². The molecule has 0 atom stereocenters. The Morgan fingerprint density at radius 1 is 0.762 bits per heavy atom. The number of carbonyl (C=O) groups is 1. The predicted molar refractivity (Wildman–Crippen MR) is 85.6 cm³/mol. The zero-order valence-electron chi connectivity index (χ0n) is 12.5. The molecule has 0 heterocycles. The Kier molecular flexibility index (Phi) is 2.65. The van der Waals surface area contributed by atoms with E-state index in [1.54, 1.807) is 0 Å². The van der Waals surface area contributed by atoms with E-state index in [1.807, 2.05) is 13.0 Å². The first-order valence-electron chi connectivity index (χ1n) is 7.59. The highest BCUT2D eigenvalue weighted by Crippen LogP contribution is 2.40. The molecule has 0 unspecified atom stereocenters. The summed E-state index contributed by atoms with van der Waals surface area (Å²) in [7, 11) is 0. The van der Waals surface area contributed by atoms with Gasteiger partial charge in [-0.1, -0.05) is 41.5 Å². The number of hydrogen-bond donors (Lipinski definition) is 0. The van der Waals surface area contributed by atoms with E-state index in [2.05, 4.69) is 37.3 Å². The summed E-state index contributed by atoms with van der Waals surface area (Å²) in [6.45, 7) is 4.17. The molecule has 4 rings (SSSR count). The Morgan fingerprint density at radius 3 is 2.19 bits per heavy atom. The van der Waals surface area contributed by atoms with Gasteiger partial charge in [-0.05, 0) is 55.0 Å². The van der Waals surface area contributed by atoms with Crippen LogP contribution >= 0.6 is 0 Å². The summed E-state index contributed by atoms with van der Waals surface area (Å²) in [6.07, 6.45) is 2.88. The van der Waals surface area contributed by atoms with Crippen molar-refractivity contribution in [3.05, 3.63) is 75.4 Å². The lowest BCUT2D eigenvalue weighted by molar-refractivity contribution is 0.104. The Morgan fingerprint density at radius 2 is 1.43 bits per heavy atom. The third-order valence-electron chi connectivity index (χ3n) is 4.75. The van der Waals surface area contributed by atoms with E-state index in [0.717, 1.165) is 36.0 Å². The van der Waals surface area contributed by atoms with Gasteiger partial charge in [0.05, 0.1) is 0 Å². The molecule has 0 bridgehead atoms. The second kappa shape index (κ2) is 4.42. The van der Waals surface area contributed by atoms with Gasteiger partial charge in [-0.3, -0.25) is 4.79 Å². The summed E-state index contributed by atoms with van der Waals surface area (Å²) in [5.41, 5.74) is 9.55. The van der Waals surface area contributed by atoms with Crippen LogP contribution < -0.4 is 0 Å². The van der Waals surface area contributed by atoms with E-state index in [9.17, 15) is 4.79 Å². The van der Waals surface area contributed by atoms with E-state index in [0.29, 0.717) is 0 Å². The summed E-state index contributed by atoms with van der Waals surface area (Å²) < 4.78 is 0. The molecule has 2 aliphatic rings. The van der Waals surface area contributed by atoms with Gasteiger partial charge in [-0.25, -0.2) is 0 Å². The van der Waals surface area contributed by atoms with E-state index < -0.39 is 0 Å². The van der Waals surface area contributed by atoms with Crippen molar-refractivity contribution in [2.45, 2.75) is 33.1 Å². The number of fused-ring (bicyclic) bond motifs is 2. The van der Waals surface area contributed by atoms with Gasteiger partial charge < -0.3 is 0 Å². The maximum atomic E-state index is 12.8. The van der Waals surface area contributed by atoms with Crippen molar-refractivity contribution in [3.63, 3.8) is 0 Å².